The van der Waals surface area contributed by atoms with Gasteiger partial charge in [0.2, 0.25) is 0 Å². The van der Waals surface area contributed by atoms with Gasteiger partial charge in [0.05, 0.1) is 11.0 Å². The minimum absolute atomic E-state index is 0.0297. The van der Waals surface area contributed by atoms with Crippen molar-refractivity contribution in [1.29, 1.82) is 0 Å². The number of aromatic nitrogens is 6. The summed E-state index contributed by atoms with van der Waals surface area (Å²) < 4.78 is 41.8. The maximum Gasteiger partial charge on any atom is 0.453 e. The molecule has 0 amide bonds. The summed E-state index contributed by atoms with van der Waals surface area (Å²) in [5.74, 6) is 0.694. The molecule has 4 aromatic rings. The Bertz CT molecular complexity index is 1170. The van der Waals surface area contributed by atoms with Crippen LogP contribution in [-0.4, -0.2) is 29.4 Å². The number of hydrogen-bond donors (Lipinski definition) is 1. The molecule has 0 atom stereocenters. The number of fused-ring (bicyclic) bond motifs is 2. The third-order valence-electron chi connectivity index (χ3n) is 4.65. The molecule has 0 saturated heterocycles. The lowest BCUT2D eigenvalue weighted by Gasteiger charge is -2.07. The second kappa shape index (κ2) is 5.41. The van der Waals surface area contributed by atoms with Crippen LogP contribution in [0.5, 0.6) is 0 Å². The highest BCUT2D eigenvalue weighted by atomic mass is 19.4. The van der Waals surface area contributed by atoms with Crippen LogP contribution in [0.2, 0.25) is 0 Å². The standard InChI is InChI=1S/C17H14F3N7/c1-26-12-5-4-10(8-11(12)22-15(26)9-2-3-9)21-13-6-7-14-23-24-16(17(18,19)20)27(14)25-13/h4-9H,2-3H2,1H3,(H,21,25). The average Bonchev–Trinajstić information content (AvgIpc) is 3.28. The Labute approximate surface area is 150 Å². The average molecular weight is 373 g/mol. The zero-order valence-electron chi connectivity index (χ0n) is 14.2. The summed E-state index contributed by atoms with van der Waals surface area (Å²) in [4.78, 5) is 4.69. The van der Waals surface area contributed by atoms with Crippen LogP contribution in [0.1, 0.15) is 30.4 Å². The maximum atomic E-state index is 13.0. The zero-order valence-corrected chi connectivity index (χ0v) is 14.2. The molecule has 0 unspecified atom stereocenters. The minimum atomic E-state index is -4.63. The number of anilines is 2. The number of rotatable bonds is 3. The molecule has 1 aliphatic rings. The first-order valence-electron chi connectivity index (χ1n) is 8.43. The van der Waals surface area contributed by atoms with Crippen molar-refractivity contribution in [3.05, 3.63) is 42.0 Å². The van der Waals surface area contributed by atoms with Gasteiger partial charge in [0, 0.05) is 18.7 Å². The van der Waals surface area contributed by atoms with Crippen LogP contribution >= 0.6 is 0 Å². The van der Waals surface area contributed by atoms with E-state index in [0.29, 0.717) is 16.1 Å². The lowest BCUT2D eigenvalue weighted by atomic mass is 10.2. The predicted molar refractivity (Wildman–Crippen MR) is 91.8 cm³/mol. The van der Waals surface area contributed by atoms with E-state index < -0.39 is 12.0 Å². The summed E-state index contributed by atoms with van der Waals surface area (Å²) in [7, 11) is 2.00. The predicted octanol–water partition coefficient (Wildman–Crippen LogP) is 3.65. The number of benzene rings is 1. The number of hydrogen-bond acceptors (Lipinski definition) is 5. The van der Waals surface area contributed by atoms with E-state index in [-0.39, 0.29) is 11.5 Å². The fourth-order valence-electron chi connectivity index (χ4n) is 3.18. The fraction of sp³-hybridized carbons (Fsp3) is 0.294. The lowest BCUT2D eigenvalue weighted by Crippen LogP contribution is -2.13. The Hall–Kier alpha value is -3.17. The summed E-state index contributed by atoms with van der Waals surface area (Å²) in [6.07, 6.45) is -2.31. The van der Waals surface area contributed by atoms with Gasteiger partial charge in [-0.25, -0.2) is 4.98 Å². The summed E-state index contributed by atoms with van der Waals surface area (Å²) in [5, 5.41) is 13.7. The first-order chi connectivity index (χ1) is 12.9. The summed E-state index contributed by atoms with van der Waals surface area (Å²) in [6.45, 7) is 0. The first-order valence-corrected chi connectivity index (χ1v) is 8.43. The second-order valence-electron chi connectivity index (χ2n) is 6.64. The van der Waals surface area contributed by atoms with Crippen molar-refractivity contribution in [3.8, 4) is 0 Å². The molecule has 10 heteroatoms. The quantitative estimate of drug-likeness (QED) is 0.593. The van der Waals surface area contributed by atoms with Gasteiger partial charge in [-0.1, -0.05) is 0 Å². The number of nitrogens with one attached hydrogen (secondary N) is 1. The Morgan fingerprint density at radius 3 is 2.67 bits per heavy atom. The van der Waals surface area contributed by atoms with Crippen LogP contribution in [-0.2, 0) is 13.2 Å². The minimum Gasteiger partial charge on any atom is -0.339 e. The van der Waals surface area contributed by atoms with E-state index in [0.717, 1.165) is 29.7 Å². The molecule has 1 aromatic carbocycles. The Kier molecular flexibility index (Phi) is 3.22. The molecule has 0 aliphatic heterocycles. The van der Waals surface area contributed by atoms with Gasteiger partial charge in [0.15, 0.2) is 11.5 Å². The molecule has 138 valence electrons. The van der Waals surface area contributed by atoms with Crippen LogP contribution in [0.3, 0.4) is 0 Å². The molecule has 3 heterocycles. The molecular formula is C17H14F3N7. The van der Waals surface area contributed by atoms with Gasteiger partial charge < -0.3 is 9.88 Å². The Morgan fingerprint density at radius 2 is 1.93 bits per heavy atom. The van der Waals surface area contributed by atoms with Gasteiger partial charge in [-0.2, -0.15) is 17.7 Å². The smallest absolute Gasteiger partial charge is 0.339 e. The van der Waals surface area contributed by atoms with Crippen LogP contribution in [0.15, 0.2) is 30.3 Å². The molecular weight excluding hydrogens is 359 g/mol. The van der Waals surface area contributed by atoms with Crippen LogP contribution in [0.25, 0.3) is 16.7 Å². The van der Waals surface area contributed by atoms with Crippen molar-refractivity contribution in [1.82, 2.24) is 29.4 Å². The SMILES string of the molecule is Cn1c(C2CC2)nc2cc(Nc3ccc4nnc(C(F)(F)F)n4n3)ccc21. The third-order valence-corrected chi connectivity index (χ3v) is 4.65. The van der Waals surface area contributed by atoms with Gasteiger partial charge in [-0.3, -0.25) is 0 Å². The molecule has 1 N–H and O–H groups in total. The molecule has 1 aliphatic carbocycles. The van der Waals surface area contributed by atoms with E-state index in [9.17, 15) is 13.2 Å². The van der Waals surface area contributed by atoms with E-state index in [1.807, 2.05) is 25.2 Å². The van der Waals surface area contributed by atoms with E-state index in [4.69, 9.17) is 4.98 Å². The van der Waals surface area contributed by atoms with Gasteiger partial charge in [-0.15, -0.1) is 15.3 Å². The number of alkyl halides is 3. The van der Waals surface area contributed by atoms with Crippen molar-refractivity contribution >= 4 is 28.2 Å². The molecule has 5 rings (SSSR count). The van der Waals surface area contributed by atoms with E-state index in [1.165, 1.54) is 6.07 Å². The van der Waals surface area contributed by atoms with Crippen molar-refractivity contribution in [3.63, 3.8) is 0 Å². The van der Waals surface area contributed by atoms with Crippen molar-refractivity contribution in [2.75, 3.05) is 5.32 Å². The molecule has 7 nitrogen and oxygen atoms in total. The topological polar surface area (TPSA) is 72.9 Å². The number of imidazole rings is 1. The molecule has 0 bridgehead atoms. The third kappa shape index (κ3) is 2.68. The van der Waals surface area contributed by atoms with Crippen LogP contribution in [0, 0.1) is 0 Å². The highest BCUT2D eigenvalue weighted by Gasteiger charge is 2.37. The van der Waals surface area contributed by atoms with Gasteiger partial charge >= 0.3 is 6.18 Å². The largest absolute Gasteiger partial charge is 0.453 e. The fourth-order valence-corrected chi connectivity index (χ4v) is 3.18. The number of halogens is 3. The van der Waals surface area contributed by atoms with E-state index in [2.05, 4.69) is 25.2 Å². The van der Waals surface area contributed by atoms with Gasteiger partial charge in [-0.05, 0) is 43.2 Å². The molecule has 3 aromatic heterocycles. The number of aryl methyl sites for hydroxylation is 1. The summed E-state index contributed by atoms with van der Waals surface area (Å²) in [6, 6.07) is 8.65. The molecule has 0 spiro atoms. The van der Waals surface area contributed by atoms with Crippen molar-refractivity contribution in [2.24, 2.45) is 7.05 Å². The monoisotopic (exact) mass is 373 g/mol. The second-order valence-corrected chi connectivity index (χ2v) is 6.64. The highest BCUT2D eigenvalue weighted by Crippen LogP contribution is 2.40. The molecule has 1 saturated carbocycles. The van der Waals surface area contributed by atoms with Gasteiger partial charge in [0.1, 0.15) is 5.82 Å². The zero-order chi connectivity index (χ0) is 18.8. The molecule has 27 heavy (non-hydrogen) atoms. The number of nitrogens with zero attached hydrogens (tertiary/aromatic N) is 6. The highest BCUT2D eigenvalue weighted by molar-refractivity contribution is 5.81. The van der Waals surface area contributed by atoms with E-state index >= 15 is 0 Å². The Balaban J connectivity index is 1.51. The normalized spacial score (nSPS) is 15.0. The maximum absolute atomic E-state index is 13.0. The lowest BCUT2D eigenvalue weighted by molar-refractivity contribution is -0.146. The van der Waals surface area contributed by atoms with E-state index in [1.54, 1.807) is 6.07 Å². The summed E-state index contributed by atoms with van der Waals surface area (Å²) in [5.41, 5.74) is 2.58. The first kappa shape index (κ1) is 16.0. The summed E-state index contributed by atoms with van der Waals surface area (Å²) >= 11 is 0. The van der Waals surface area contributed by atoms with Crippen molar-refractivity contribution in [2.45, 2.75) is 24.9 Å². The van der Waals surface area contributed by atoms with Crippen LogP contribution < -0.4 is 5.32 Å². The molecule has 0 radical (unpaired) electrons. The molecule has 1 fully saturated rings. The van der Waals surface area contributed by atoms with Gasteiger partial charge in [0.25, 0.3) is 5.82 Å². The van der Waals surface area contributed by atoms with Crippen molar-refractivity contribution < 1.29 is 13.2 Å². The van der Waals surface area contributed by atoms with Crippen LogP contribution in [0.4, 0.5) is 24.7 Å². The Morgan fingerprint density at radius 1 is 1.11 bits per heavy atom.